The number of carbonyl (C=O) groups is 1. The number of hydrogen-bond acceptors (Lipinski definition) is 7. The summed E-state index contributed by atoms with van der Waals surface area (Å²) in [4.78, 5) is 12.5. The van der Waals surface area contributed by atoms with Crippen LogP contribution < -0.4 is 16.6 Å². The number of nitrogens with zero attached hydrogens (tertiary/aromatic N) is 2. The van der Waals surface area contributed by atoms with Gasteiger partial charge in [0.15, 0.2) is 0 Å². The van der Waals surface area contributed by atoms with E-state index < -0.39 is 5.91 Å². The smallest absolute Gasteiger partial charge is 0.295 e. The van der Waals surface area contributed by atoms with E-state index in [0.29, 0.717) is 5.70 Å². The molecular weight excluding hydrogens is 242 g/mol. The summed E-state index contributed by atoms with van der Waals surface area (Å²) < 4.78 is 4.31. The monoisotopic (exact) mass is 251 g/mol. The van der Waals surface area contributed by atoms with E-state index in [9.17, 15) is 4.79 Å². The van der Waals surface area contributed by atoms with Crippen molar-refractivity contribution in [2.75, 3.05) is 5.73 Å². The second kappa shape index (κ2) is 4.66. The Morgan fingerprint density at radius 2 is 2.29 bits per heavy atom. The number of nitrogens with one attached hydrogen (secondary N) is 2. The van der Waals surface area contributed by atoms with Crippen LogP contribution in [0.1, 0.15) is 15.4 Å². The van der Waals surface area contributed by atoms with Gasteiger partial charge in [0, 0.05) is 0 Å². The summed E-state index contributed by atoms with van der Waals surface area (Å²) in [6, 6.07) is 3.76. The van der Waals surface area contributed by atoms with Crippen LogP contribution >= 0.6 is 11.3 Å². The molecule has 7 nitrogen and oxygen atoms in total. The van der Waals surface area contributed by atoms with Gasteiger partial charge in [-0.1, -0.05) is 12.6 Å². The van der Waals surface area contributed by atoms with E-state index in [1.54, 1.807) is 0 Å². The molecule has 8 heteroatoms. The van der Waals surface area contributed by atoms with E-state index >= 15 is 0 Å². The fraction of sp³-hybridized carbons (Fsp3) is 0. The van der Waals surface area contributed by atoms with Gasteiger partial charge in [-0.15, -0.1) is 11.3 Å². The number of hydrogen-bond donors (Lipinski definition) is 3. The van der Waals surface area contributed by atoms with Gasteiger partial charge in [0.2, 0.25) is 11.5 Å². The van der Waals surface area contributed by atoms with Crippen LogP contribution in [0.25, 0.3) is 5.70 Å². The van der Waals surface area contributed by atoms with Crippen LogP contribution in [-0.4, -0.2) is 16.2 Å². The molecule has 88 valence electrons. The van der Waals surface area contributed by atoms with Crippen LogP contribution in [0.5, 0.6) is 0 Å². The lowest BCUT2D eigenvalue weighted by molar-refractivity contribution is 0.0933. The molecule has 17 heavy (non-hydrogen) atoms. The van der Waals surface area contributed by atoms with Gasteiger partial charge in [0.25, 0.3) is 5.91 Å². The fourth-order valence-corrected chi connectivity index (χ4v) is 1.71. The largest absolute Gasteiger partial charge is 0.379 e. The fourth-order valence-electron chi connectivity index (χ4n) is 1.06. The number of anilines is 1. The SMILES string of the molecule is C=C(NNC(=O)c1nonc1N)c1cccs1. The lowest BCUT2D eigenvalue weighted by Crippen LogP contribution is -2.36. The Balaban J connectivity index is 1.93. The van der Waals surface area contributed by atoms with Gasteiger partial charge >= 0.3 is 0 Å². The lowest BCUT2D eigenvalue weighted by Gasteiger charge is -2.07. The third-order valence-electron chi connectivity index (χ3n) is 1.87. The maximum atomic E-state index is 11.5. The van der Waals surface area contributed by atoms with Gasteiger partial charge in [-0.25, -0.2) is 4.63 Å². The molecule has 0 aliphatic rings. The van der Waals surface area contributed by atoms with Gasteiger partial charge < -0.3 is 5.73 Å². The summed E-state index contributed by atoms with van der Waals surface area (Å²) in [5.74, 6) is -0.604. The Bertz CT molecular complexity index is 533. The summed E-state index contributed by atoms with van der Waals surface area (Å²) in [7, 11) is 0. The Morgan fingerprint density at radius 1 is 1.47 bits per heavy atom. The quantitative estimate of drug-likeness (QED) is 0.688. The van der Waals surface area contributed by atoms with Crippen LogP contribution in [0.4, 0.5) is 5.82 Å². The van der Waals surface area contributed by atoms with Crippen molar-refractivity contribution in [2.24, 2.45) is 0 Å². The summed E-state index contributed by atoms with van der Waals surface area (Å²) in [6.07, 6.45) is 0. The van der Waals surface area contributed by atoms with Crippen LogP contribution in [0.3, 0.4) is 0 Å². The normalized spacial score (nSPS) is 9.88. The zero-order valence-electron chi connectivity index (χ0n) is 8.64. The zero-order chi connectivity index (χ0) is 12.3. The number of aromatic nitrogens is 2. The third-order valence-corrected chi connectivity index (χ3v) is 2.80. The molecule has 2 heterocycles. The molecule has 0 saturated carbocycles. The van der Waals surface area contributed by atoms with Gasteiger partial charge in [-0.3, -0.25) is 15.6 Å². The van der Waals surface area contributed by atoms with Crippen molar-refractivity contribution in [1.29, 1.82) is 0 Å². The Hall–Kier alpha value is -2.35. The van der Waals surface area contributed by atoms with Crippen molar-refractivity contribution in [3.63, 3.8) is 0 Å². The van der Waals surface area contributed by atoms with E-state index in [4.69, 9.17) is 5.73 Å². The van der Waals surface area contributed by atoms with E-state index in [2.05, 4.69) is 32.4 Å². The van der Waals surface area contributed by atoms with E-state index in [1.807, 2.05) is 17.5 Å². The molecule has 0 atom stereocenters. The van der Waals surface area contributed by atoms with Crippen molar-refractivity contribution < 1.29 is 9.42 Å². The minimum atomic E-state index is -0.540. The highest BCUT2D eigenvalue weighted by Gasteiger charge is 2.15. The molecule has 0 spiro atoms. The second-order valence-electron chi connectivity index (χ2n) is 3.03. The molecule has 0 fully saturated rings. The molecule has 0 aromatic carbocycles. The lowest BCUT2D eigenvalue weighted by atomic mass is 10.4. The number of thiophene rings is 1. The first kappa shape index (κ1) is 11.1. The molecule has 0 saturated heterocycles. The van der Waals surface area contributed by atoms with Gasteiger partial charge in [0.1, 0.15) is 0 Å². The maximum Gasteiger partial charge on any atom is 0.295 e. The van der Waals surface area contributed by atoms with Crippen LogP contribution in [0.15, 0.2) is 28.7 Å². The van der Waals surface area contributed by atoms with Crippen molar-refractivity contribution in [3.8, 4) is 0 Å². The highest BCUT2D eigenvalue weighted by molar-refractivity contribution is 7.11. The molecule has 0 unspecified atom stereocenters. The number of nitrogens with two attached hydrogens (primary N) is 1. The molecule has 2 aromatic heterocycles. The minimum Gasteiger partial charge on any atom is -0.379 e. The molecule has 0 aliphatic carbocycles. The molecule has 0 bridgehead atoms. The number of carbonyl (C=O) groups excluding carboxylic acids is 1. The average molecular weight is 251 g/mol. The van der Waals surface area contributed by atoms with Gasteiger partial charge in [0.05, 0.1) is 10.6 Å². The summed E-state index contributed by atoms with van der Waals surface area (Å²) in [5.41, 5.74) is 10.9. The Labute approximate surface area is 100 Å². The highest BCUT2D eigenvalue weighted by Crippen LogP contribution is 2.15. The minimum absolute atomic E-state index is 0.0639. The molecule has 4 N–H and O–H groups in total. The number of amides is 1. The average Bonchev–Trinajstić information content (AvgIpc) is 2.95. The molecule has 2 rings (SSSR count). The topological polar surface area (TPSA) is 106 Å². The predicted octanol–water partition coefficient (Wildman–Crippen LogP) is 0.619. The predicted molar refractivity (Wildman–Crippen MR) is 62.7 cm³/mol. The maximum absolute atomic E-state index is 11.5. The van der Waals surface area contributed by atoms with Crippen molar-refractivity contribution in [2.45, 2.75) is 0 Å². The number of nitrogen functional groups attached to an aromatic ring is 1. The first-order valence-electron chi connectivity index (χ1n) is 4.55. The van der Waals surface area contributed by atoms with E-state index in [0.717, 1.165) is 4.88 Å². The first-order chi connectivity index (χ1) is 8.18. The standard InChI is InChI=1S/C9H9N5O2S/c1-5(6-3-2-4-17-6)11-12-9(15)7-8(10)14-16-13-7/h2-4,11H,1H2,(H2,10,14)(H,12,15). The van der Waals surface area contributed by atoms with Crippen molar-refractivity contribution in [1.82, 2.24) is 21.2 Å². The summed E-state index contributed by atoms with van der Waals surface area (Å²) in [6.45, 7) is 3.77. The van der Waals surface area contributed by atoms with Crippen molar-refractivity contribution >= 4 is 28.8 Å². The molecule has 2 aromatic rings. The number of rotatable bonds is 4. The summed E-state index contributed by atoms with van der Waals surface area (Å²) in [5, 5.41) is 8.57. The second-order valence-corrected chi connectivity index (χ2v) is 3.98. The van der Waals surface area contributed by atoms with Gasteiger partial charge in [-0.2, -0.15) is 0 Å². The Morgan fingerprint density at radius 3 is 2.88 bits per heavy atom. The molecule has 0 radical (unpaired) electrons. The molecular formula is C9H9N5O2S. The molecule has 0 aliphatic heterocycles. The van der Waals surface area contributed by atoms with Gasteiger partial charge in [-0.05, 0) is 21.8 Å². The first-order valence-corrected chi connectivity index (χ1v) is 5.43. The van der Waals surface area contributed by atoms with E-state index in [-0.39, 0.29) is 11.5 Å². The highest BCUT2D eigenvalue weighted by atomic mass is 32.1. The van der Waals surface area contributed by atoms with Crippen LogP contribution in [0.2, 0.25) is 0 Å². The summed E-state index contributed by atoms with van der Waals surface area (Å²) >= 11 is 1.50. The van der Waals surface area contributed by atoms with Crippen molar-refractivity contribution in [3.05, 3.63) is 34.7 Å². The van der Waals surface area contributed by atoms with E-state index in [1.165, 1.54) is 11.3 Å². The van der Waals surface area contributed by atoms with Crippen LogP contribution in [0, 0.1) is 0 Å². The zero-order valence-corrected chi connectivity index (χ0v) is 9.45. The van der Waals surface area contributed by atoms with Crippen LogP contribution in [-0.2, 0) is 0 Å². The molecule has 1 amide bonds. The third kappa shape index (κ3) is 2.42. The Kier molecular flexibility index (Phi) is 3.06. The number of hydrazine groups is 1.